The molecule has 0 radical (unpaired) electrons. The first-order valence-corrected chi connectivity index (χ1v) is 7.07. The standard InChI is InChI=1S/C13H23N3O3/c14-11(16-19)13(7-3-4-8-13)12(18)15-9-5-1-2-6-10(9)17/h9-10,17,19H,1-8H2,(H2,14,16)(H,15,18). The quantitative estimate of drug-likeness (QED) is 0.262. The minimum atomic E-state index is -0.883. The average Bonchev–Trinajstić information content (AvgIpc) is 2.91. The second kappa shape index (κ2) is 5.77. The monoisotopic (exact) mass is 269 g/mol. The topological polar surface area (TPSA) is 108 Å². The molecule has 6 nitrogen and oxygen atoms in total. The van der Waals surface area contributed by atoms with E-state index in [1.807, 2.05) is 0 Å². The Morgan fingerprint density at radius 3 is 2.42 bits per heavy atom. The highest BCUT2D eigenvalue weighted by molar-refractivity contribution is 6.07. The molecule has 0 aromatic carbocycles. The van der Waals surface area contributed by atoms with E-state index in [4.69, 9.17) is 10.9 Å². The smallest absolute Gasteiger partial charge is 0.234 e. The number of carbonyl (C=O) groups excluding carboxylic acids is 1. The molecule has 0 spiro atoms. The van der Waals surface area contributed by atoms with Crippen molar-refractivity contribution in [3.63, 3.8) is 0 Å². The Hall–Kier alpha value is -1.30. The third-order valence-electron chi connectivity index (χ3n) is 4.54. The zero-order valence-electron chi connectivity index (χ0n) is 11.1. The van der Waals surface area contributed by atoms with Gasteiger partial charge in [0.1, 0.15) is 5.41 Å². The largest absolute Gasteiger partial charge is 0.409 e. The van der Waals surface area contributed by atoms with E-state index >= 15 is 0 Å². The van der Waals surface area contributed by atoms with Crippen molar-refractivity contribution in [3.8, 4) is 0 Å². The highest BCUT2D eigenvalue weighted by Crippen LogP contribution is 2.39. The van der Waals surface area contributed by atoms with Crippen LogP contribution in [0.1, 0.15) is 51.4 Å². The summed E-state index contributed by atoms with van der Waals surface area (Å²) < 4.78 is 0. The number of oxime groups is 1. The molecule has 108 valence electrons. The Morgan fingerprint density at radius 2 is 1.84 bits per heavy atom. The van der Waals surface area contributed by atoms with Crippen LogP contribution in [0.25, 0.3) is 0 Å². The molecular weight excluding hydrogens is 246 g/mol. The van der Waals surface area contributed by atoms with Gasteiger partial charge in [-0.05, 0) is 25.7 Å². The van der Waals surface area contributed by atoms with Crippen molar-refractivity contribution in [1.82, 2.24) is 5.32 Å². The van der Waals surface area contributed by atoms with Crippen LogP contribution in [0.2, 0.25) is 0 Å². The summed E-state index contributed by atoms with van der Waals surface area (Å²) in [5, 5.41) is 24.8. The van der Waals surface area contributed by atoms with E-state index in [-0.39, 0.29) is 17.8 Å². The van der Waals surface area contributed by atoms with Gasteiger partial charge < -0.3 is 21.4 Å². The van der Waals surface area contributed by atoms with Gasteiger partial charge in [-0.1, -0.05) is 30.8 Å². The van der Waals surface area contributed by atoms with Crippen LogP contribution in [0.15, 0.2) is 5.16 Å². The Kier molecular flexibility index (Phi) is 4.29. The van der Waals surface area contributed by atoms with Gasteiger partial charge in [0.2, 0.25) is 5.91 Å². The molecule has 0 aliphatic heterocycles. The minimum absolute atomic E-state index is 0.00667. The van der Waals surface area contributed by atoms with Crippen LogP contribution in [-0.4, -0.2) is 34.2 Å². The predicted octanol–water partition coefficient (Wildman–Crippen LogP) is 0.713. The third kappa shape index (κ3) is 2.68. The van der Waals surface area contributed by atoms with Crippen LogP contribution in [-0.2, 0) is 4.79 Å². The van der Waals surface area contributed by atoms with Gasteiger partial charge in [-0.25, -0.2) is 0 Å². The van der Waals surface area contributed by atoms with E-state index in [9.17, 15) is 9.90 Å². The van der Waals surface area contributed by atoms with Gasteiger partial charge in [-0.2, -0.15) is 0 Å². The zero-order chi connectivity index (χ0) is 13.9. The third-order valence-corrected chi connectivity index (χ3v) is 4.54. The first kappa shape index (κ1) is 14.1. The maximum Gasteiger partial charge on any atom is 0.234 e. The van der Waals surface area contributed by atoms with Crippen LogP contribution in [0.4, 0.5) is 0 Å². The number of carbonyl (C=O) groups is 1. The Labute approximate surface area is 113 Å². The number of hydrogen-bond donors (Lipinski definition) is 4. The van der Waals surface area contributed by atoms with Crippen molar-refractivity contribution < 1.29 is 15.1 Å². The predicted molar refractivity (Wildman–Crippen MR) is 70.7 cm³/mol. The lowest BCUT2D eigenvalue weighted by atomic mass is 9.82. The molecule has 2 aliphatic rings. The molecular formula is C13H23N3O3. The number of amides is 1. The average molecular weight is 269 g/mol. The SMILES string of the molecule is NC(=NO)C1(C(=O)NC2CCCCC2O)CCCC1. The second-order valence-electron chi connectivity index (χ2n) is 5.71. The fraction of sp³-hybridized carbons (Fsp3) is 0.846. The molecule has 19 heavy (non-hydrogen) atoms. The lowest BCUT2D eigenvalue weighted by Gasteiger charge is -2.33. The molecule has 6 heteroatoms. The molecule has 0 saturated heterocycles. The van der Waals surface area contributed by atoms with Crippen LogP contribution in [0, 0.1) is 5.41 Å². The van der Waals surface area contributed by atoms with E-state index in [0.717, 1.165) is 38.5 Å². The first-order chi connectivity index (χ1) is 9.10. The van der Waals surface area contributed by atoms with E-state index in [2.05, 4.69) is 10.5 Å². The summed E-state index contributed by atoms with van der Waals surface area (Å²) in [5.41, 5.74) is 4.85. The number of nitrogens with one attached hydrogen (secondary N) is 1. The van der Waals surface area contributed by atoms with E-state index < -0.39 is 11.5 Å². The maximum atomic E-state index is 12.5. The Morgan fingerprint density at radius 1 is 1.21 bits per heavy atom. The lowest BCUT2D eigenvalue weighted by molar-refractivity contribution is -0.129. The number of aliphatic hydroxyl groups excluding tert-OH is 1. The summed E-state index contributed by atoms with van der Waals surface area (Å²) in [7, 11) is 0. The van der Waals surface area contributed by atoms with Crippen LogP contribution in [0.5, 0.6) is 0 Å². The van der Waals surface area contributed by atoms with Gasteiger partial charge in [0.15, 0.2) is 5.84 Å². The number of aliphatic hydroxyl groups is 1. The molecule has 0 aromatic rings. The first-order valence-electron chi connectivity index (χ1n) is 7.07. The summed E-state index contributed by atoms with van der Waals surface area (Å²) in [6.07, 6.45) is 6.06. The molecule has 0 aromatic heterocycles. The Bertz CT molecular complexity index is 364. The molecule has 2 unspecified atom stereocenters. The fourth-order valence-corrected chi connectivity index (χ4v) is 3.26. The van der Waals surface area contributed by atoms with Crippen LogP contribution >= 0.6 is 0 Å². The van der Waals surface area contributed by atoms with Crippen molar-refractivity contribution in [3.05, 3.63) is 0 Å². The normalized spacial score (nSPS) is 31.1. The number of nitrogens with zero attached hydrogens (tertiary/aromatic N) is 1. The second-order valence-corrected chi connectivity index (χ2v) is 5.71. The molecule has 2 aliphatic carbocycles. The number of nitrogens with two attached hydrogens (primary N) is 1. The van der Waals surface area contributed by atoms with Gasteiger partial charge in [0, 0.05) is 0 Å². The molecule has 5 N–H and O–H groups in total. The molecule has 2 saturated carbocycles. The van der Waals surface area contributed by atoms with Crippen LogP contribution in [0.3, 0.4) is 0 Å². The summed E-state index contributed by atoms with van der Waals surface area (Å²) in [5.74, 6) is -0.209. The highest BCUT2D eigenvalue weighted by Gasteiger charge is 2.46. The minimum Gasteiger partial charge on any atom is -0.409 e. The lowest BCUT2D eigenvalue weighted by Crippen LogP contribution is -2.54. The van der Waals surface area contributed by atoms with Gasteiger partial charge in [-0.15, -0.1) is 0 Å². The molecule has 0 bridgehead atoms. The van der Waals surface area contributed by atoms with Gasteiger partial charge in [0.05, 0.1) is 12.1 Å². The number of rotatable bonds is 3. The highest BCUT2D eigenvalue weighted by atomic mass is 16.4. The molecule has 2 atom stereocenters. The van der Waals surface area contributed by atoms with E-state index in [1.54, 1.807) is 0 Å². The Balaban J connectivity index is 2.08. The fourth-order valence-electron chi connectivity index (χ4n) is 3.26. The number of amidine groups is 1. The van der Waals surface area contributed by atoms with Crippen molar-refractivity contribution in [2.24, 2.45) is 16.3 Å². The molecule has 1 amide bonds. The van der Waals surface area contributed by atoms with Crippen molar-refractivity contribution >= 4 is 11.7 Å². The summed E-state index contributed by atoms with van der Waals surface area (Å²) >= 11 is 0. The van der Waals surface area contributed by atoms with Gasteiger partial charge in [-0.3, -0.25) is 4.79 Å². The van der Waals surface area contributed by atoms with Crippen molar-refractivity contribution in [1.29, 1.82) is 0 Å². The van der Waals surface area contributed by atoms with Gasteiger partial charge >= 0.3 is 0 Å². The van der Waals surface area contributed by atoms with E-state index in [0.29, 0.717) is 12.8 Å². The molecule has 0 heterocycles. The summed E-state index contributed by atoms with van der Waals surface area (Å²) in [4.78, 5) is 12.5. The van der Waals surface area contributed by atoms with Crippen molar-refractivity contribution in [2.45, 2.75) is 63.5 Å². The van der Waals surface area contributed by atoms with Crippen LogP contribution < -0.4 is 11.1 Å². The van der Waals surface area contributed by atoms with Gasteiger partial charge in [0.25, 0.3) is 0 Å². The molecule has 2 rings (SSSR count). The van der Waals surface area contributed by atoms with Crippen molar-refractivity contribution in [2.75, 3.05) is 0 Å². The summed E-state index contributed by atoms with van der Waals surface area (Å²) in [6.45, 7) is 0. The zero-order valence-corrected chi connectivity index (χ0v) is 11.1. The maximum absolute atomic E-state index is 12.5. The summed E-state index contributed by atoms with van der Waals surface area (Å²) in [6, 6.07) is -0.204. The molecule has 2 fully saturated rings. The van der Waals surface area contributed by atoms with E-state index in [1.165, 1.54) is 0 Å². The number of hydrogen-bond acceptors (Lipinski definition) is 4.